The minimum Gasteiger partial charge on any atom is -0.390 e. The number of hydrogen-bond donors (Lipinski definition) is 5. The first-order chi connectivity index (χ1) is 46.3. The molecule has 0 radical (unpaired) electrons. The van der Waals surface area contributed by atoms with E-state index in [0.717, 1.165) is 28.5 Å². The fraction of sp³-hybridized carbons (Fsp3) is 0.400. The van der Waals surface area contributed by atoms with E-state index in [2.05, 4.69) is 173 Å². The third-order valence-corrected chi connectivity index (χ3v) is 21.3. The van der Waals surface area contributed by atoms with Crippen LogP contribution in [0.15, 0.2) is 154 Å². The standard InChI is InChI=1S/5C15H16N2O2/c5*1-9-2-3-10-11(4-9)13-5-16-8-17(13)15(10)12-6-19-7-14(12)18/h5*2-5,8,12,14-15,18H,6-7H2,1H3/t2*12-,14-,15+;2*12-,14-,15-;/m1010./s1. The Hall–Kier alpha value is -8.25. The molecule has 0 saturated carbocycles. The van der Waals surface area contributed by atoms with Crippen molar-refractivity contribution in [1.29, 1.82) is 0 Å². The molecule has 20 nitrogen and oxygen atoms in total. The minimum absolute atomic E-state index is 0.108. The Morgan fingerprint density at radius 2 is 0.453 bits per heavy atom. The molecule has 0 bridgehead atoms. The molecule has 15 atom stereocenters. The molecule has 10 aromatic rings. The molecule has 5 fully saturated rings. The summed E-state index contributed by atoms with van der Waals surface area (Å²) in [6.07, 6.45) is 16.8. The monoisotopic (exact) mass is 1280 g/mol. The summed E-state index contributed by atoms with van der Waals surface area (Å²) in [6, 6.07) is 33.3. The summed E-state index contributed by atoms with van der Waals surface area (Å²) in [5.41, 5.74) is 24.5. The van der Waals surface area contributed by atoms with Crippen LogP contribution in [0.5, 0.6) is 0 Å². The van der Waals surface area contributed by atoms with Crippen molar-refractivity contribution in [2.24, 2.45) is 29.6 Å². The highest BCUT2D eigenvalue weighted by Crippen LogP contribution is 2.51. The Morgan fingerprint density at radius 1 is 0.274 bits per heavy atom. The van der Waals surface area contributed by atoms with E-state index in [1.807, 2.05) is 62.6 Å². The molecule has 15 heterocycles. The normalized spacial score (nSPS) is 28.4. The maximum Gasteiger partial charge on any atom is 0.0956 e. The van der Waals surface area contributed by atoms with Crippen molar-refractivity contribution in [2.45, 2.75) is 95.3 Å². The van der Waals surface area contributed by atoms with Crippen molar-refractivity contribution in [2.75, 3.05) is 66.1 Å². The van der Waals surface area contributed by atoms with Gasteiger partial charge in [0, 0.05) is 57.4 Å². The maximum absolute atomic E-state index is 10.1. The van der Waals surface area contributed by atoms with E-state index in [1.54, 1.807) is 0 Å². The van der Waals surface area contributed by atoms with E-state index < -0.39 is 30.5 Å². The molecular weight excluding hydrogens is 1200 g/mol. The molecule has 0 amide bonds. The summed E-state index contributed by atoms with van der Waals surface area (Å²) < 4.78 is 38.0. The third-order valence-electron chi connectivity index (χ3n) is 21.3. The molecule has 5 N–H and O–H groups in total. The lowest BCUT2D eigenvalue weighted by molar-refractivity contribution is 0.111. The zero-order valence-corrected chi connectivity index (χ0v) is 53.9. The fourth-order valence-electron chi connectivity index (χ4n) is 16.7. The molecule has 95 heavy (non-hydrogen) atoms. The van der Waals surface area contributed by atoms with Gasteiger partial charge in [-0.3, -0.25) is 0 Å². The molecule has 0 aliphatic carbocycles. The highest BCUT2D eigenvalue weighted by Gasteiger charge is 2.46. The third kappa shape index (κ3) is 10.7. The number of nitrogens with zero attached hydrogens (tertiary/aromatic N) is 10. The van der Waals surface area contributed by atoms with Crippen LogP contribution in [-0.4, -0.2) is 170 Å². The van der Waals surface area contributed by atoms with Crippen LogP contribution in [0, 0.1) is 64.2 Å². The number of imidazole rings is 5. The molecule has 490 valence electrons. The molecule has 20 rings (SSSR count). The van der Waals surface area contributed by atoms with E-state index in [-0.39, 0.29) is 59.8 Å². The number of aliphatic hydroxyl groups excluding tert-OH is 5. The molecule has 0 spiro atoms. The van der Waals surface area contributed by atoms with Crippen LogP contribution in [0.2, 0.25) is 0 Å². The van der Waals surface area contributed by atoms with E-state index in [1.165, 1.54) is 83.5 Å². The summed E-state index contributed by atoms with van der Waals surface area (Å²) in [5, 5.41) is 50.7. The molecular formula is C75H80N10O10. The topological polar surface area (TPSA) is 236 Å². The lowest BCUT2D eigenvalue weighted by Crippen LogP contribution is -2.27. The van der Waals surface area contributed by atoms with Gasteiger partial charge in [-0.1, -0.05) is 88.5 Å². The Kier molecular flexibility index (Phi) is 16.3. The van der Waals surface area contributed by atoms with Gasteiger partial charge in [0.25, 0.3) is 0 Å². The van der Waals surface area contributed by atoms with Crippen LogP contribution >= 0.6 is 0 Å². The van der Waals surface area contributed by atoms with Gasteiger partial charge in [-0.15, -0.1) is 0 Å². The van der Waals surface area contributed by atoms with Gasteiger partial charge in [-0.05, 0) is 92.8 Å². The predicted octanol–water partition coefficient (Wildman–Crippen LogP) is 8.84. The van der Waals surface area contributed by atoms with Gasteiger partial charge in [0.1, 0.15) is 0 Å². The number of aliphatic hydroxyl groups is 5. The van der Waals surface area contributed by atoms with Crippen LogP contribution in [0.1, 0.15) is 85.8 Å². The highest BCUT2D eigenvalue weighted by molar-refractivity contribution is 5.74. The summed E-state index contributed by atoms with van der Waals surface area (Å²) in [7, 11) is 0. The lowest BCUT2D eigenvalue weighted by Gasteiger charge is -2.23. The maximum atomic E-state index is 10.1. The van der Waals surface area contributed by atoms with E-state index in [9.17, 15) is 25.5 Å². The second kappa shape index (κ2) is 25.1. The number of fused-ring (bicyclic) bond motifs is 15. The average Bonchev–Trinajstić information content (AvgIpc) is 1.64. The van der Waals surface area contributed by atoms with Crippen molar-refractivity contribution in [3.63, 3.8) is 0 Å². The van der Waals surface area contributed by atoms with Crippen LogP contribution < -0.4 is 0 Å². The SMILES string of the molecule is Cc1ccc2c(c1)-c1cncn1C2C1COCC1O.Cc1ccc2c(c1)-c1cncn1[C@@H]2[C@@H]1COC[C@H]1O.Cc1ccc2c(c1)-c1cncn1[C@@H]2[C@H]1COC[C@@H]1O.Cc1ccc2c(c1)-c1cncn1[C@H]2[C@@H]1COC[C@H]1O.Cc1ccc2c(c1)-c1cncn1[C@H]2[C@H]1COC[C@@H]1O. The first kappa shape index (κ1) is 61.6. The van der Waals surface area contributed by atoms with Gasteiger partial charge in [-0.25, -0.2) is 24.9 Å². The summed E-state index contributed by atoms with van der Waals surface area (Å²) in [6.45, 7) is 15.7. The minimum atomic E-state index is -0.396. The average molecular weight is 1280 g/mol. The van der Waals surface area contributed by atoms with E-state index in [0.29, 0.717) is 66.1 Å². The van der Waals surface area contributed by atoms with Crippen molar-refractivity contribution >= 4 is 0 Å². The van der Waals surface area contributed by atoms with Gasteiger partial charge in [0.15, 0.2) is 0 Å². The largest absolute Gasteiger partial charge is 0.390 e. The smallest absolute Gasteiger partial charge is 0.0956 e. The van der Waals surface area contributed by atoms with Gasteiger partial charge in [0.2, 0.25) is 0 Å². The number of hydrogen-bond acceptors (Lipinski definition) is 15. The molecule has 20 heteroatoms. The fourth-order valence-corrected chi connectivity index (χ4v) is 16.7. The molecule has 5 aromatic carbocycles. The molecule has 3 unspecified atom stereocenters. The van der Waals surface area contributed by atoms with Crippen molar-refractivity contribution in [1.82, 2.24) is 47.8 Å². The van der Waals surface area contributed by atoms with Crippen LogP contribution in [0.4, 0.5) is 0 Å². The number of ether oxygens (including phenoxy) is 5. The lowest BCUT2D eigenvalue weighted by atomic mass is 9.89. The molecule has 10 aliphatic heterocycles. The van der Waals surface area contributed by atoms with Gasteiger partial charge in [-0.2, -0.15) is 0 Å². The second-order valence-corrected chi connectivity index (χ2v) is 27.5. The summed E-state index contributed by atoms with van der Waals surface area (Å²) in [5.74, 6) is 0.541. The Bertz CT molecular complexity index is 3820. The summed E-state index contributed by atoms with van der Waals surface area (Å²) in [4.78, 5) is 21.3. The van der Waals surface area contributed by atoms with E-state index >= 15 is 0 Å². The number of rotatable bonds is 5. The first-order valence-corrected chi connectivity index (χ1v) is 33.2. The highest BCUT2D eigenvalue weighted by atomic mass is 16.5. The summed E-state index contributed by atoms with van der Waals surface area (Å²) >= 11 is 0. The van der Waals surface area contributed by atoms with Gasteiger partial charge < -0.3 is 72.1 Å². The predicted molar refractivity (Wildman–Crippen MR) is 354 cm³/mol. The molecule has 5 aromatic heterocycles. The Morgan fingerprint density at radius 3 is 0.611 bits per heavy atom. The van der Waals surface area contributed by atoms with Gasteiger partial charge >= 0.3 is 0 Å². The molecule has 10 aliphatic rings. The van der Waals surface area contributed by atoms with Crippen molar-refractivity contribution in [3.8, 4) is 56.3 Å². The zero-order chi connectivity index (χ0) is 64.9. The molecule has 5 saturated heterocycles. The number of aryl methyl sites for hydroxylation is 5. The zero-order valence-electron chi connectivity index (χ0n) is 53.9. The number of aromatic nitrogens is 10. The van der Waals surface area contributed by atoms with Crippen LogP contribution in [-0.2, 0) is 23.7 Å². The Balaban J connectivity index is 0.0000000937. The number of benzene rings is 5. The van der Waals surface area contributed by atoms with Crippen molar-refractivity contribution in [3.05, 3.63) is 209 Å². The van der Waals surface area contributed by atoms with E-state index in [4.69, 9.17) is 23.7 Å². The first-order valence-electron chi connectivity index (χ1n) is 33.2. The Labute approximate surface area is 551 Å². The van der Waals surface area contributed by atoms with Crippen LogP contribution in [0.3, 0.4) is 0 Å². The van der Waals surface area contributed by atoms with Crippen LogP contribution in [0.25, 0.3) is 56.3 Å². The van der Waals surface area contributed by atoms with Crippen molar-refractivity contribution < 1.29 is 49.2 Å². The second-order valence-electron chi connectivity index (χ2n) is 27.5. The quantitative estimate of drug-likeness (QED) is 0.108. The van der Waals surface area contributed by atoms with Gasteiger partial charge in [0.05, 0.1) is 218 Å².